The quantitative estimate of drug-likeness (QED) is 0.515. The van der Waals surface area contributed by atoms with Crippen LogP contribution in [0.2, 0.25) is 0 Å². The Morgan fingerprint density at radius 1 is 1.26 bits per heavy atom. The highest BCUT2D eigenvalue weighted by Gasteiger charge is 2.16. The zero-order valence-corrected chi connectivity index (χ0v) is 14.0. The van der Waals surface area contributed by atoms with Crippen LogP contribution in [0.4, 0.5) is 0 Å². The van der Waals surface area contributed by atoms with Gasteiger partial charge in [-0.1, -0.05) is 37.0 Å². The highest BCUT2D eigenvalue weighted by molar-refractivity contribution is 6.04. The lowest BCUT2D eigenvalue weighted by atomic mass is 9.96. The molecule has 1 fully saturated rings. The number of methoxy groups -OCH3 is 1. The van der Waals surface area contributed by atoms with Gasteiger partial charge in [0.05, 0.1) is 12.6 Å². The number of amidine groups is 1. The summed E-state index contributed by atoms with van der Waals surface area (Å²) >= 11 is 0. The lowest BCUT2D eigenvalue weighted by molar-refractivity contribution is 0.0953. The van der Waals surface area contributed by atoms with E-state index in [2.05, 4.69) is 10.3 Å². The summed E-state index contributed by atoms with van der Waals surface area (Å²) in [6.07, 6.45) is 5.74. The summed E-state index contributed by atoms with van der Waals surface area (Å²) in [5, 5.41) is 2.80. The van der Waals surface area contributed by atoms with Gasteiger partial charge in [-0.3, -0.25) is 10.1 Å². The summed E-state index contributed by atoms with van der Waals surface area (Å²) in [4.78, 5) is 17.0. The van der Waals surface area contributed by atoms with Crippen LogP contribution in [0, 0.1) is 6.92 Å². The normalized spacial score (nSPS) is 16.2. The lowest BCUT2D eigenvalue weighted by Crippen LogP contribution is -2.34. The first-order valence-corrected chi connectivity index (χ1v) is 8.26. The summed E-state index contributed by atoms with van der Waals surface area (Å²) < 4.78 is 10.6. The monoisotopic (exact) mass is 318 g/mol. The van der Waals surface area contributed by atoms with E-state index in [1.54, 1.807) is 13.2 Å². The van der Waals surface area contributed by atoms with Gasteiger partial charge in [0.2, 0.25) is 0 Å². The van der Waals surface area contributed by atoms with Crippen molar-refractivity contribution < 1.29 is 14.3 Å². The van der Waals surface area contributed by atoms with E-state index in [-0.39, 0.29) is 11.9 Å². The molecule has 0 aromatic heterocycles. The maximum absolute atomic E-state index is 12.4. The lowest BCUT2D eigenvalue weighted by Gasteiger charge is -2.19. The van der Waals surface area contributed by atoms with E-state index in [9.17, 15) is 4.79 Å². The molecule has 2 rings (SSSR count). The van der Waals surface area contributed by atoms with Gasteiger partial charge in [0, 0.05) is 12.7 Å². The molecule has 23 heavy (non-hydrogen) atoms. The first-order chi connectivity index (χ1) is 11.2. The Balaban J connectivity index is 2.03. The van der Waals surface area contributed by atoms with E-state index < -0.39 is 0 Å². The molecule has 0 radical (unpaired) electrons. The molecule has 1 saturated carbocycles. The van der Waals surface area contributed by atoms with E-state index >= 15 is 0 Å². The fraction of sp³-hybridized carbons (Fsp3) is 0.556. The number of benzene rings is 1. The van der Waals surface area contributed by atoms with Crippen molar-refractivity contribution in [2.24, 2.45) is 4.99 Å². The molecule has 126 valence electrons. The molecule has 0 unspecified atom stereocenters. The van der Waals surface area contributed by atoms with Gasteiger partial charge >= 0.3 is 0 Å². The topological polar surface area (TPSA) is 59.9 Å². The fourth-order valence-corrected chi connectivity index (χ4v) is 2.66. The molecule has 1 aliphatic rings. The van der Waals surface area contributed by atoms with Crippen molar-refractivity contribution in [2.45, 2.75) is 45.1 Å². The molecular formula is C18H26N2O3. The second-order valence-corrected chi connectivity index (χ2v) is 5.89. The molecule has 1 aromatic rings. The minimum Gasteiger partial charge on any atom is -0.463 e. The minimum absolute atomic E-state index is 0.194. The van der Waals surface area contributed by atoms with Crippen molar-refractivity contribution in [1.82, 2.24) is 5.32 Å². The third kappa shape index (κ3) is 6.02. The molecule has 1 aromatic carbocycles. The summed E-state index contributed by atoms with van der Waals surface area (Å²) in [6, 6.07) is 8.01. The van der Waals surface area contributed by atoms with Crippen molar-refractivity contribution in [2.75, 3.05) is 20.3 Å². The third-order valence-electron chi connectivity index (χ3n) is 3.90. The molecule has 1 aliphatic carbocycles. The number of aryl methyl sites for hydroxylation is 1. The van der Waals surface area contributed by atoms with Crippen LogP contribution in [-0.4, -0.2) is 38.3 Å². The Labute approximate surface area is 138 Å². The zero-order valence-electron chi connectivity index (χ0n) is 14.0. The molecule has 0 aliphatic heterocycles. The average molecular weight is 318 g/mol. The maximum atomic E-state index is 12.4. The van der Waals surface area contributed by atoms with Crippen LogP contribution in [0.5, 0.6) is 0 Å². The van der Waals surface area contributed by atoms with Crippen LogP contribution in [0.1, 0.15) is 48.0 Å². The summed E-state index contributed by atoms with van der Waals surface area (Å²) in [5.41, 5.74) is 1.65. The number of carbonyl (C=O) groups excluding carboxylic acids is 1. The van der Waals surface area contributed by atoms with Gasteiger partial charge in [-0.05, 0) is 31.9 Å². The highest BCUT2D eigenvalue weighted by Crippen LogP contribution is 2.20. The Hall–Kier alpha value is -1.88. The first kappa shape index (κ1) is 17.5. The van der Waals surface area contributed by atoms with Crippen LogP contribution in [0.25, 0.3) is 0 Å². The Kier molecular flexibility index (Phi) is 7.07. The zero-order chi connectivity index (χ0) is 16.5. The largest absolute Gasteiger partial charge is 0.463 e. The number of nitrogens with zero attached hydrogens (tertiary/aromatic N) is 1. The third-order valence-corrected chi connectivity index (χ3v) is 3.90. The Morgan fingerprint density at radius 2 is 2.04 bits per heavy atom. The van der Waals surface area contributed by atoms with E-state index in [1.165, 1.54) is 19.3 Å². The maximum Gasteiger partial charge on any atom is 0.292 e. The molecular weight excluding hydrogens is 292 g/mol. The average Bonchev–Trinajstić information content (AvgIpc) is 2.56. The number of aliphatic imine (C=N–C) groups is 1. The molecule has 1 N–H and O–H groups in total. The second-order valence-electron chi connectivity index (χ2n) is 5.89. The fourth-order valence-electron chi connectivity index (χ4n) is 2.66. The van der Waals surface area contributed by atoms with Crippen molar-refractivity contribution in [3.05, 3.63) is 35.4 Å². The van der Waals surface area contributed by atoms with Crippen LogP contribution >= 0.6 is 0 Å². The number of carbonyl (C=O) groups is 1. The second kappa shape index (κ2) is 9.30. The van der Waals surface area contributed by atoms with Gasteiger partial charge in [-0.2, -0.15) is 0 Å². The summed E-state index contributed by atoms with van der Waals surface area (Å²) in [7, 11) is 1.62. The number of ether oxygens (including phenoxy) is 2. The minimum atomic E-state index is -0.194. The van der Waals surface area contributed by atoms with Gasteiger partial charge in [-0.15, -0.1) is 0 Å². The van der Waals surface area contributed by atoms with Gasteiger partial charge in [0.25, 0.3) is 11.9 Å². The molecule has 5 heteroatoms. The molecule has 0 bridgehead atoms. The van der Waals surface area contributed by atoms with Crippen molar-refractivity contribution in [3.8, 4) is 0 Å². The van der Waals surface area contributed by atoms with Crippen molar-refractivity contribution >= 4 is 11.9 Å². The Morgan fingerprint density at radius 3 is 2.74 bits per heavy atom. The number of rotatable bonds is 5. The number of hydrogen-bond donors (Lipinski definition) is 1. The van der Waals surface area contributed by atoms with Crippen LogP contribution in [-0.2, 0) is 9.47 Å². The summed E-state index contributed by atoms with van der Waals surface area (Å²) in [6.45, 7) is 2.79. The van der Waals surface area contributed by atoms with Crippen LogP contribution in [0.15, 0.2) is 29.3 Å². The molecule has 1 amide bonds. The van der Waals surface area contributed by atoms with Crippen molar-refractivity contribution in [1.29, 1.82) is 0 Å². The standard InChI is InChI=1S/C18H26N2O3/c1-14-7-6-8-15(13-14)17(21)20-18(23-12-11-22-2)19-16-9-4-3-5-10-16/h6-8,13,16H,3-5,9-12H2,1-2H3,(H,19,20,21). The van der Waals surface area contributed by atoms with Gasteiger partial charge in [-0.25, -0.2) is 4.99 Å². The first-order valence-electron chi connectivity index (χ1n) is 8.26. The number of amides is 1. The summed E-state index contributed by atoms with van der Waals surface area (Å²) in [5.74, 6) is -0.194. The van der Waals surface area contributed by atoms with Crippen LogP contribution < -0.4 is 5.32 Å². The molecule has 0 saturated heterocycles. The number of nitrogens with one attached hydrogen (secondary N) is 1. The number of hydrogen-bond acceptors (Lipinski definition) is 4. The van der Waals surface area contributed by atoms with Gasteiger partial charge in [0.15, 0.2) is 0 Å². The van der Waals surface area contributed by atoms with E-state index in [4.69, 9.17) is 9.47 Å². The Bertz CT molecular complexity index is 537. The van der Waals surface area contributed by atoms with Gasteiger partial charge in [0.1, 0.15) is 6.61 Å². The van der Waals surface area contributed by atoms with E-state index in [1.807, 2.05) is 25.1 Å². The van der Waals surface area contributed by atoms with Gasteiger partial charge < -0.3 is 9.47 Å². The highest BCUT2D eigenvalue weighted by atomic mass is 16.5. The van der Waals surface area contributed by atoms with E-state index in [0.717, 1.165) is 18.4 Å². The predicted molar refractivity (Wildman–Crippen MR) is 90.8 cm³/mol. The predicted octanol–water partition coefficient (Wildman–Crippen LogP) is 3.08. The smallest absolute Gasteiger partial charge is 0.292 e. The van der Waals surface area contributed by atoms with Crippen molar-refractivity contribution in [3.63, 3.8) is 0 Å². The SMILES string of the molecule is COCCOC(=NC1CCCCC1)NC(=O)c1cccc(C)c1. The van der Waals surface area contributed by atoms with Crippen LogP contribution in [0.3, 0.4) is 0 Å². The molecule has 0 heterocycles. The molecule has 0 spiro atoms. The van der Waals surface area contributed by atoms with E-state index in [0.29, 0.717) is 24.8 Å². The molecule has 5 nitrogen and oxygen atoms in total. The molecule has 0 atom stereocenters.